The summed E-state index contributed by atoms with van der Waals surface area (Å²) in [5, 5.41) is 0. The fraction of sp³-hybridized carbons (Fsp3) is 0.778. The zero-order valence-corrected chi connectivity index (χ0v) is 7.32. The number of carbonyl (C=O) groups excluding carboxylic acids is 2. The molecule has 0 aromatic heterocycles. The highest BCUT2D eigenvalue weighted by Crippen LogP contribution is 2.30. The molecule has 2 heterocycles. The first kappa shape index (κ1) is 8.53. The molecule has 13 heavy (non-hydrogen) atoms. The van der Waals surface area contributed by atoms with Crippen molar-refractivity contribution < 1.29 is 19.1 Å². The number of ether oxygens (including phenoxy) is 2. The Morgan fingerprint density at radius 1 is 1.00 bits per heavy atom. The first-order chi connectivity index (χ1) is 6.25. The maximum absolute atomic E-state index is 11.0. The maximum atomic E-state index is 11.0. The molecule has 0 aromatic carbocycles. The van der Waals surface area contributed by atoms with Gasteiger partial charge in [-0.15, -0.1) is 0 Å². The lowest BCUT2D eigenvalue weighted by Gasteiger charge is -2.24. The third-order valence-corrected chi connectivity index (χ3v) is 2.73. The minimum absolute atomic E-state index is 0.135. The van der Waals surface area contributed by atoms with Crippen molar-refractivity contribution in [1.82, 2.24) is 0 Å². The number of cyclic esters (lactones) is 2. The van der Waals surface area contributed by atoms with Gasteiger partial charge in [0.05, 0.1) is 19.6 Å². The van der Waals surface area contributed by atoms with E-state index in [0.717, 1.165) is 6.42 Å². The van der Waals surface area contributed by atoms with Gasteiger partial charge in [-0.25, -0.2) is 0 Å². The van der Waals surface area contributed by atoms with Crippen LogP contribution in [0.2, 0.25) is 0 Å². The molecule has 0 aromatic rings. The van der Waals surface area contributed by atoms with E-state index in [0.29, 0.717) is 26.1 Å². The van der Waals surface area contributed by atoms with Gasteiger partial charge in [-0.3, -0.25) is 9.59 Å². The minimum Gasteiger partial charge on any atom is -0.466 e. The van der Waals surface area contributed by atoms with Gasteiger partial charge in [0.25, 0.3) is 0 Å². The Kier molecular flexibility index (Phi) is 2.20. The summed E-state index contributed by atoms with van der Waals surface area (Å²) in [5.41, 5.74) is 0. The first-order valence-electron chi connectivity index (χ1n) is 4.57. The summed E-state index contributed by atoms with van der Waals surface area (Å²) in [6.45, 7) is 0.977. The molecule has 72 valence electrons. The van der Waals surface area contributed by atoms with Crippen molar-refractivity contribution in [2.24, 2.45) is 11.8 Å². The fourth-order valence-electron chi connectivity index (χ4n) is 1.94. The summed E-state index contributed by atoms with van der Waals surface area (Å²) >= 11 is 0. The number of carbonyl (C=O) groups is 2. The van der Waals surface area contributed by atoms with Crippen LogP contribution in [0.25, 0.3) is 0 Å². The highest BCUT2D eigenvalue weighted by molar-refractivity contribution is 5.73. The second-order valence-corrected chi connectivity index (χ2v) is 3.62. The molecule has 0 radical (unpaired) electrons. The molecular weight excluding hydrogens is 172 g/mol. The quantitative estimate of drug-likeness (QED) is 0.557. The normalized spacial score (nSPS) is 34.2. The molecule has 0 amide bonds. The Labute approximate surface area is 76.2 Å². The summed E-state index contributed by atoms with van der Waals surface area (Å²) in [7, 11) is 0. The standard InChI is InChI=1S/C9H12O4/c10-8-3-6(1-2-12-8)7-4-9(11)13-5-7/h6-7H,1-5H2. The molecular formula is C9H12O4. The second kappa shape index (κ2) is 3.36. The molecule has 2 unspecified atom stereocenters. The molecule has 0 spiro atoms. The van der Waals surface area contributed by atoms with Crippen LogP contribution in [0.5, 0.6) is 0 Å². The molecule has 4 nitrogen and oxygen atoms in total. The SMILES string of the molecule is O=C1CC(C2COC(=O)C2)CCO1. The number of rotatable bonds is 1. The van der Waals surface area contributed by atoms with Crippen molar-refractivity contribution in [2.75, 3.05) is 13.2 Å². The van der Waals surface area contributed by atoms with E-state index in [1.54, 1.807) is 0 Å². The lowest BCUT2D eigenvalue weighted by Crippen LogP contribution is -2.27. The van der Waals surface area contributed by atoms with E-state index in [-0.39, 0.29) is 23.8 Å². The van der Waals surface area contributed by atoms with Gasteiger partial charge in [-0.05, 0) is 12.3 Å². The van der Waals surface area contributed by atoms with Crippen LogP contribution in [0.1, 0.15) is 19.3 Å². The minimum atomic E-state index is -0.143. The highest BCUT2D eigenvalue weighted by Gasteiger charge is 2.34. The van der Waals surface area contributed by atoms with E-state index in [4.69, 9.17) is 9.47 Å². The molecule has 2 atom stereocenters. The molecule has 0 bridgehead atoms. The van der Waals surface area contributed by atoms with Crippen LogP contribution in [0.15, 0.2) is 0 Å². The molecule has 0 aliphatic carbocycles. The van der Waals surface area contributed by atoms with Crippen molar-refractivity contribution in [3.05, 3.63) is 0 Å². The van der Waals surface area contributed by atoms with E-state index < -0.39 is 0 Å². The third-order valence-electron chi connectivity index (χ3n) is 2.73. The summed E-state index contributed by atoms with van der Waals surface area (Å²) in [6.07, 6.45) is 1.78. The van der Waals surface area contributed by atoms with E-state index in [2.05, 4.69) is 0 Å². The zero-order chi connectivity index (χ0) is 9.26. The zero-order valence-electron chi connectivity index (χ0n) is 7.32. The van der Waals surface area contributed by atoms with E-state index in [9.17, 15) is 9.59 Å². The van der Waals surface area contributed by atoms with Gasteiger partial charge in [-0.2, -0.15) is 0 Å². The smallest absolute Gasteiger partial charge is 0.306 e. The van der Waals surface area contributed by atoms with Crippen molar-refractivity contribution >= 4 is 11.9 Å². The Hall–Kier alpha value is -1.06. The lowest BCUT2D eigenvalue weighted by atomic mass is 9.85. The van der Waals surface area contributed by atoms with Gasteiger partial charge >= 0.3 is 11.9 Å². The van der Waals surface area contributed by atoms with Crippen molar-refractivity contribution in [2.45, 2.75) is 19.3 Å². The molecule has 0 saturated carbocycles. The maximum Gasteiger partial charge on any atom is 0.306 e. The summed E-state index contributed by atoms with van der Waals surface area (Å²) in [4.78, 5) is 21.8. The van der Waals surface area contributed by atoms with Crippen LogP contribution in [0.4, 0.5) is 0 Å². The number of esters is 2. The van der Waals surface area contributed by atoms with Gasteiger partial charge < -0.3 is 9.47 Å². The van der Waals surface area contributed by atoms with Crippen LogP contribution in [0, 0.1) is 11.8 Å². The van der Waals surface area contributed by atoms with Gasteiger partial charge in [-0.1, -0.05) is 0 Å². The van der Waals surface area contributed by atoms with Gasteiger partial charge in [0.1, 0.15) is 0 Å². The lowest BCUT2D eigenvalue weighted by molar-refractivity contribution is -0.150. The van der Waals surface area contributed by atoms with Gasteiger partial charge in [0.2, 0.25) is 0 Å². The third kappa shape index (κ3) is 1.82. The average Bonchev–Trinajstić information content (AvgIpc) is 2.52. The molecule has 2 aliphatic rings. The van der Waals surface area contributed by atoms with Crippen molar-refractivity contribution in [1.29, 1.82) is 0 Å². The highest BCUT2D eigenvalue weighted by atomic mass is 16.5. The van der Waals surface area contributed by atoms with Crippen LogP contribution in [-0.2, 0) is 19.1 Å². The monoisotopic (exact) mass is 184 g/mol. The van der Waals surface area contributed by atoms with Crippen molar-refractivity contribution in [3.63, 3.8) is 0 Å². The molecule has 2 rings (SSSR count). The summed E-state index contributed by atoms with van der Waals surface area (Å²) in [6, 6.07) is 0. The first-order valence-corrected chi connectivity index (χ1v) is 4.57. The summed E-state index contributed by atoms with van der Waals surface area (Å²) in [5.74, 6) is 0.243. The Morgan fingerprint density at radius 2 is 1.69 bits per heavy atom. The predicted molar refractivity (Wildman–Crippen MR) is 42.7 cm³/mol. The second-order valence-electron chi connectivity index (χ2n) is 3.62. The van der Waals surface area contributed by atoms with Gasteiger partial charge in [0.15, 0.2) is 0 Å². The summed E-state index contributed by atoms with van der Waals surface area (Å²) < 4.78 is 9.69. The molecule has 0 N–H and O–H groups in total. The van der Waals surface area contributed by atoms with E-state index in [1.807, 2.05) is 0 Å². The topological polar surface area (TPSA) is 52.6 Å². The predicted octanol–water partition coefficient (Wildman–Crippen LogP) is 0.503. The molecule has 4 heteroatoms. The molecule has 2 saturated heterocycles. The van der Waals surface area contributed by atoms with E-state index >= 15 is 0 Å². The van der Waals surface area contributed by atoms with Crippen LogP contribution < -0.4 is 0 Å². The molecule has 2 fully saturated rings. The largest absolute Gasteiger partial charge is 0.466 e. The Bertz CT molecular complexity index is 236. The number of hydrogen-bond acceptors (Lipinski definition) is 4. The number of hydrogen-bond donors (Lipinski definition) is 0. The Morgan fingerprint density at radius 3 is 2.31 bits per heavy atom. The Balaban J connectivity index is 1.92. The van der Waals surface area contributed by atoms with Crippen LogP contribution >= 0.6 is 0 Å². The van der Waals surface area contributed by atoms with Crippen LogP contribution in [-0.4, -0.2) is 25.2 Å². The van der Waals surface area contributed by atoms with Crippen molar-refractivity contribution in [3.8, 4) is 0 Å². The fourth-order valence-corrected chi connectivity index (χ4v) is 1.94. The van der Waals surface area contributed by atoms with Crippen LogP contribution in [0.3, 0.4) is 0 Å². The average molecular weight is 184 g/mol. The van der Waals surface area contributed by atoms with Gasteiger partial charge in [0, 0.05) is 12.3 Å². The van der Waals surface area contributed by atoms with E-state index in [1.165, 1.54) is 0 Å². The molecule has 2 aliphatic heterocycles.